The smallest absolute Gasteiger partial charge is 0.240 e. The van der Waals surface area contributed by atoms with Gasteiger partial charge in [-0.05, 0) is 25.9 Å². The maximum Gasteiger partial charge on any atom is 0.240 e. The molecule has 1 N–H and O–H groups in total. The van der Waals surface area contributed by atoms with Crippen molar-refractivity contribution in [1.82, 2.24) is 20.4 Å². The van der Waals surface area contributed by atoms with E-state index in [1.165, 1.54) is 0 Å². The second-order valence-corrected chi connectivity index (χ2v) is 3.88. The van der Waals surface area contributed by atoms with E-state index in [0.29, 0.717) is 31.2 Å². The number of amides is 1. The zero-order valence-corrected chi connectivity index (χ0v) is 10.5. The summed E-state index contributed by atoms with van der Waals surface area (Å²) in [5.74, 6) is 1.12. The molecule has 0 saturated heterocycles. The lowest BCUT2D eigenvalue weighted by atomic mass is 10.3. The Kier molecular flexibility index (Phi) is 6.24. The van der Waals surface area contributed by atoms with Crippen LogP contribution in [0.15, 0.2) is 4.52 Å². The first-order valence-electron chi connectivity index (χ1n) is 6.01. The molecule has 0 aliphatic carbocycles. The minimum Gasteiger partial charge on any atom is -0.351 e. The third-order valence-electron chi connectivity index (χ3n) is 2.29. The van der Waals surface area contributed by atoms with Gasteiger partial charge in [-0.1, -0.05) is 19.0 Å². The zero-order chi connectivity index (χ0) is 12.5. The van der Waals surface area contributed by atoms with E-state index in [2.05, 4.69) is 34.2 Å². The molecule has 0 aliphatic rings. The predicted octanol–water partition coefficient (Wildman–Crippen LogP) is 0.938. The van der Waals surface area contributed by atoms with Gasteiger partial charge in [-0.25, -0.2) is 0 Å². The zero-order valence-electron chi connectivity index (χ0n) is 10.5. The first-order valence-corrected chi connectivity index (χ1v) is 6.01. The van der Waals surface area contributed by atoms with Crippen molar-refractivity contribution in [2.75, 3.05) is 13.1 Å². The monoisotopic (exact) mass is 240 g/mol. The summed E-state index contributed by atoms with van der Waals surface area (Å²) >= 11 is 0. The summed E-state index contributed by atoms with van der Waals surface area (Å²) in [6.07, 6.45) is 2.83. The van der Waals surface area contributed by atoms with E-state index in [1.807, 2.05) is 0 Å². The third-order valence-corrected chi connectivity index (χ3v) is 2.29. The van der Waals surface area contributed by atoms with Crippen molar-refractivity contribution in [2.45, 2.75) is 39.8 Å². The SMILES string of the molecule is CCCN(CCC)Cc1nc(CNC=O)no1. The maximum absolute atomic E-state index is 10.1. The van der Waals surface area contributed by atoms with Gasteiger partial charge in [-0.2, -0.15) is 4.98 Å². The first kappa shape index (κ1) is 13.6. The Bertz CT molecular complexity index is 321. The molecule has 0 bridgehead atoms. The van der Waals surface area contributed by atoms with E-state index in [4.69, 9.17) is 4.52 Å². The van der Waals surface area contributed by atoms with Crippen molar-refractivity contribution < 1.29 is 9.32 Å². The van der Waals surface area contributed by atoms with Gasteiger partial charge in [-0.3, -0.25) is 9.69 Å². The Hall–Kier alpha value is -1.43. The highest BCUT2D eigenvalue weighted by molar-refractivity contribution is 5.45. The summed E-state index contributed by atoms with van der Waals surface area (Å²) in [5, 5.41) is 6.30. The highest BCUT2D eigenvalue weighted by Crippen LogP contribution is 2.04. The molecule has 6 nitrogen and oxygen atoms in total. The van der Waals surface area contributed by atoms with Crippen LogP contribution < -0.4 is 5.32 Å². The summed E-state index contributed by atoms with van der Waals surface area (Å²) < 4.78 is 5.13. The van der Waals surface area contributed by atoms with E-state index in [0.717, 1.165) is 25.9 Å². The molecule has 6 heteroatoms. The molecule has 1 aromatic rings. The number of nitrogens with zero attached hydrogens (tertiary/aromatic N) is 3. The minimum atomic E-state index is 0.314. The van der Waals surface area contributed by atoms with Gasteiger partial charge in [0.2, 0.25) is 12.3 Å². The number of nitrogens with one attached hydrogen (secondary N) is 1. The average Bonchev–Trinajstić information content (AvgIpc) is 2.75. The summed E-state index contributed by atoms with van der Waals surface area (Å²) in [4.78, 5) is 16.6. The molecule has 0 spiro atoms. The fourth-order valence-corrected chi connectivity index (χ4v) is 1.65. The van der Waals surface area contributed by atoms with Crippen molar-refractivity contribution in [3.05, 3.63) is 11.7 Å². The van der Waals surface area contributed by atoms with Crippen LogP contribution in [0.1, 0.15) is 38.4 Å². The van der Waals surface area contributed by atoms with E-state index in [-0.39, 0.29) is 0 Å². The Morgan fingerprint density at radius 1 is 1.35 bits per heavy atom. The van der Waals surface area contributed by atoms with Crippen LogP contribution in [0.4, 0.5) is 0 Å². The summed E-state index contributed by atoms with van der Waals surface area (Å²) in [6, 6.07) is 0. The molecule has 0 aromatic carbocycles. The molecule has 1 aromatic heterocycles. The van der Waals surface area contributed by atoms with Gasteiger partial charge in [0.15, 0.2) is 5.82 Å². The highest BCUT2D eigenvalue weighted by Gasteiger charge is 2.10. The van der Waals surface area contributed by atoms with Crippen molar-refractivity contribution in [1.29, 1.82) is 0 Å². The maximum atomic E-state index is 10.1. The van der Waals surface area contributed by atoms with Crippen LogP contribution in [0.5, 0.6) is 0 Å². The summed E-state index contributed by atoms with van der Waals surface area (Å²) in [7, 11) is 0. The Balaban J connectivity index is 2.47. The number of rotatable bonds is 9. The minimum absolute atomic E-state index is 0.314. The molecule has 1 rings (SSSR count). The fourth-order valence-electron chi connectivity index (χ4n) is 1.65. The second kappa shape index (κ2) is 7.78. The largest absolute Gasteiger partial charge is 0.351 e. The lowest BCUT2D eigenvalue weighted by molar-refractivity contribution is -0.109. The topological polar surface area (TPSA) is 71.3 Å². The average molecular weight is 240 g/mol. The second-order valence-electron chi connectivity index (χ2n) is 3.88. The van der Waals surface area contributed by atoms with Crippen LogP contribution in [-0.4, -0.2) is 34.5 Å². The molecule has 17 heavy (non-hydrogen) atoms. The van der Waals surface area contributed by atoms with Crippen LogP contribution in [0.3, 0.4) is 0 Å². The van der Waals surface area contributed by atoms with Crippen molar-refractivity contribution in [3.8, 4) is 0 Å². The standard InChI is InChI=1S/C11H20N4O2/c1-3-5-15(6-4-2)8-11-13-10(14-17-11)7-12-9-16/h9H,3-8H2,1-2H3,(H,12,16). The number of hydrogen-bond acceptors (Lipinski definition) is 5. The Morgan fingerprint density at radius 3 is 2.65 bits per heavy atom. The van der Waals surface area contributed by atoms with Gasteiger partial charge in [0.1, 0.15) is 0 Å². The van der Waals surface area contributed by atoms with Gasteiger partial charge in [0.05, 0.1) is 13.1 Å². The Labute approximate surface area is 101 Å². The lowest BCUT2D eigenvalue weighted by Gasteiger charge is -2.18. The van der Waals surface area contributed by atoms with E-state index in [1.54, 1.807) is 0 Å². The van der Waals surface area contributed by atoms with Crippen LogP contribution in [0.2, 0.25) is 0 Å². The predicted molar refractivity (Wildman–Crippen MR) is 63.1 cm³/mol. The molecule has 0 aliphatic heterocycles. The number of carbonyl (C=O) groups excluding carboxylic acids is 1. The Morgan fingerprint density at radius 2 is 2.06 bits per heavy atom. The van der Waals surface area contributed by atoms with Crippen LogP contribution in [0.25, 0.3) is 0 Å². The van der Waals surface area contributed by atoms with E-state index >= 15 is 0 Å². The normalized spacial score (nSPS) is 10.8. The molecule has 0 fully saturated rings. The molecule has 1 heterocycles. The molecule has 1 amide bonds. The quantitative estimate of drug-likeness (QED) is 0.650. The number of aromatic nitrogens is 2. The van der Waals surface area contributed by atoms with E-state index in [9.17, 15) is 4.79 Å². The van der Waals surface area contributed by atoms with Gasteiger partial charge in [0, 0.05) is 0 Å². The van der Waals surface area contributed by atoms with E-state index < -0.39 is 0 Å². The van der Waals surface area contributed by atoms with Gasteiger partial charge in [-0.15, -0.1) is 0 Å². The van der Waals surface area contributed by atoms with Crippen molar-refractivity contribution in [3.63, 3.8) is 0 Å². The van der Waals surface area contributed by atoms with Crippen LogP contribution in [0, 0.1) is 0 Å². The summed E-state index contributed by atoms with van der Waals surface area (Å²) in [6.45, 7) is 7.34. The lowest BCUT2D eigenvalue weighted by Crippen LogP contribution is -2.25. The van der Waals surface area contributed by atoms with Gasteiger partial charge in [0.25, 0.3) is 0 Å². The van der Waals surface area contributed by atoms with Crippen LogP contribution >= 0.6 is 0 Å². The molecular weight excluding hydrogens is 220 g/mol. The van der Waals surface area contributed by atoms with Gasteiger partial charge >= 0.3 is 0 Å². The van der Waals surface area contributed by atoms with Gasteiger partial charge < -0.3 is 9.84 Å². The van der Waals surface area contributed by atoms with Crippen molar-refractivity contribution in [2.24, 2.45) is 0 Å². The molecule has 0 unspecified atom stereocenters. The summed E-state index contributed by atoms with van der Waals surface area (Å²) in [5.41, 5.74) is 0. The molecular formula is C11H20N4O2. The molecule has 96 valence electrons. The number of carbonyl (C=O) groups is 1. The molecule has 0 atom stereocenters. The fraction of sp³-hybridized carbons (Fsp3) is 0.727. The molecule has 0 saturated carbocycles. The van der Waals surface area contributed by atoms with Crippen LogP contribution in [-0.2, 0) is 17.9 Å². The third kappa shape index (κ3) is 4.95. The highest BCUT2D eigenvalue weighted by atomic mass is 16.5. The molecule has 0 radical (unpaired) electrons. The number of hydrogen-bond donors (Lipinski definition) is 1. The first-order chi connectivity index (χ1) is 8.30. The van der Waals surface area contributed by atoms with Crippen molar-refractivity contribution >= 4 is 6.41 Å².